The SMILES string of the molecule is C[C@@H](Cc1ccc(C=Cc2c(F)cc(Cl)cc2F)cc1)c1ccccc1. The van der Waals surface area contributed by atoms with Gasteiger partial charge in [-0.25, -0.2) is 8.78 Å². The highest BCUT2D eigenvalue weighted by Gasteiger charge is 2.08. The van der Waals surface area contributed by atoms with E-state index in [9.17, 15) is 8.78 Å². The molecule has 0 bridgehead atoms. The van der Waals surface area contributed by atoms with Crippen molar-refractivity contribution in [2.45, 2.75) is 19.3 Å². The van der Waals surface area contributed by atoms with Crippen LogP contribution in [0.3, 0.4) is 0 Å². The van der Waals surface area contributed by atoms with Crippen LogP contribution in [0.15, 0.2) is 66.7 Å². The lowest BCUT2D eigenvalue weighted by Crippen LogP contribution is -1.98. The van der Waals surface area contributed by atoms with Gasteiger partial charge < -0.3 is 0 Å². The van der Waals surface area contributed by atoms with Gasteiger partial charge >= 0.3 is 0 Å². The molecule has 3 heteroatoms. The Kier molecular flexibility index (Phi) is 5.85. The zero-order chi connectivity index (χ0) is 18.5. The van der Waals surface area contributed by atoms with Crippen molar-refractivity contribution in [3.8, 4) is 0 Å². The lowest BCUT2D eigenvalue weighted by molar-refractivity contribution is 0.579. The van der Waals surface area contributed by atoms with Gasteiger partial charge in [0.25, 0.3) is 0 Å². The summed E-state index contributed by atoms with van der Waals surface area (Å²) in [5.41, 5.74) is 3.33. The van der Waals surface area contributed by atoms with Crippen molar-refractivity contribution in [2.24, 2.45) is 0 Å². The highest BCUT2D eigenvalue weighted by molar-refractivity contribution is 6.30. The van der Waals surface area contributed by atoms with Gasteiger partial charge in [0.15, 0.2) is 0 Å². The summed E-state index contributed by atoms with van der Waals surface area (Å²) in [4.78, 5) is 0. The van der Waals surface area contributed by atoms with Gasteiger partial charge in [-0.2, -0.15) is 0 Å². The molecule has 0 heterocycles. The van der Waals surface area contributed by atoms with Crippen LogP contribution >= 0.6 is 11.6 Å². The molecule has 0 fully saturated rings. The van der Waals surface area contributed by atoms with E-state index in [-0.39, 0.29) is 10.6 Å². The molecule has 0 spiro atoms. The second kappa shape index (κ2) is 8.29. The van der Waals surface area contributed by atoms with E-state index in [0.29, 0.717) is 5.92 Å². The molecule has 0 aromatic heterocycles. The molecular weight excluding hydrogens is 350 g/mol. The summed E-state index contributed by atoms with van der Waals surface area (Å²) in [5, 5.41) is 0.0500. The third kappa shape index (κ3) is 4.59. The zero-order valence-corrected chi connectivity index (χ0v) is 15.2. The molecule has 0 radical (unpaired) electrons. The van der Waals surface area contributed by atoms with E-state index in [1.54, 1.807) is 6.08 Å². The third-order valence-corrected chi connectivity index (χ3v) is 4.59. The van der Waals surface area contributed by atoms with Gasteiger partial charge in [-0.3, -0.25) is 0 Å². The molecule has 0 saturated heterocycles. The fourth-order valence-corrected chi connectivity index (χ4v) is 3.10. The van der Waals surface area contributed by atoms with Crippen LogP contribution in [0.5, 0.6) is 0 Å². The Bertz CT molecular complexity index is 876. The second-order valence-corrected chi connectivity index (χ2v) is 6.81. The standard InChI is InChI=1S/C23H19ClF2/c1-16(19-5-3-2-4-6-19)13-18-9-7-17(8-10-18)11-12-21-22(25)14-20(24)15-23(21)26/h2-12,14-16H,13H2,1H3/t16-/m0/s1. The average Bonchev–Trinajstić information content (AvgIpc) is 2.63. The minimum Gasteiger partial charge on any atom is -0.206 e. The van der Waals surface area contributed by atoms with Crippen molar-refractivity contribution in [3.05, 3.63) is 106 Å². The zero-order valence-electron chi connectivity index (χ0n) is 14.4. The van der Waals surface area contributed by atoms with Gasteiger partial charge in [-0.05, 0) is 47.2 Å². The predicted molar refractivity (Wildman–Crippen MR) is 105 cm³/mol. The van der Waals surface area contributed by atoms with Crippen LogP contribution in [0.2, 0.25) is 5.02 Å². The van der Waals surface area contributed by atoms with Crippen molar-refractivity contribution in [1.82, 2.24) is 0 Å². The lowest BCUT2D eigenvalue weighted by atomic mass is 9.93. The van der Waals surface area contributed by atoms with Crippen molar-refractivity contribution >= 4 is 23.8 Å². The Morgan fingerprint density at radius 2 is 1.50 bits per heavy atom. The van der Waals surface area contributed by atoms with Gasteiger partial charge in [-0.15, -0.1) is 0 Å². The topological polar surface area (TPSA) is 0 Å². The summed E-state index contributed by atoms with van der Waals surface area (Å²) in [6.45, 7) is 2.20. The number of rotatable bonds is 5. The van der Waals surface area contributed by atoms with Crippen LogP contribution in [0, 0.1) is 11.6 Å². The van der Waals surface area contributed by atoms with Crippen LogP contribution in [-0.2, 0) is 6.42 Å². The minimum absolute atomic E-state index is 0.0500. The predicted octanol–water partition coefficient (Wildman–Crippen LogP) is 7.13. The van der Waals surface area contributed by atoms with Crippen LogP contribution in [0.1, 0.15) is 35.1 Å². The number of benzene rings is 3. The number of hydrogen-bond acceptors (Lipinski definition) is 0. The van der Waals surface area contributed by atoms with E-state index < -0.39 is 11.6 Å². The molecule has 0 aliphatic carbocycles. The number of halogens is 3. The maximum Gasteiger partial charge on any atom is 0.134 e. The van der Waals surface area contributed by atoms with E-state index in [0.717, 1.165) is 24.1 Å². The van der Waals surface area contributed by atoms with Crippen LogP contribution in [0.25, 0.3) is 12.2 Å². The molecule has 3 aromatic rings. The quantitative estimate of drug-likeness (QED) is 0.420. The molecule has 0 unspecified atom stereocenters. The fraction of sp³-hybridized carbons (Fsp3) is 0.130. The Morgan fingerprint density at radius 1 is 0.885 bits per heavy atom. The molecule has 0 aliphatic heterocycles. The first-order chi connectivity index (χ1) is 12.5. The van der Waals surface area contributed by atoms with Crippen molar-refractivity contribution < 1.29 is 8.78 Å². The third-order valence-electron chi connectivity index (χ3n) is 4.38. The lowest BCUT2D eigenvalue weighted by Gasteiger charge is -2.12. The first-order valence-electron chi connectivity index (χ1n) is 8.49. The smallest absolute Gasteiger partial charge is 0.134 e. The van der Waals surface area contributed by atoms with Crippen LogP contribution in [-0.4, -0.2) is 0 Å². The normalized spacial score (nSPS) is 12.5. The van der Waals surface area contributed by atoms with E-state index in [1.165, 1.54) is 17.2 Å². The number of hydrogen-bond donors (Lipinski definition) is 0. The Morgan fingerprint density at radius 3 is 2.12 bits per heavy atom. The van der Waals surface area contributed by atoms with E-state index in [4.69, 9.17) is 11.6 Å². The van der Waals surface area contributed by atoms with Gasteiger partial charge in [0, 0.05) is 10.6 Å². The first-order valence-corrected chi connectivity index (χ1v) is 8.87. The molecule has 26 heavy (non-hydrogen) atoms. The monoisotopic (exact) mass is 368 g/mol. The molecule has 3 aromatic carbocycles. The second-order valence-electron chi connectivity index (χ2n) is 6.37. The van der Waals surface area contributed by atoms with E-state index in [1.807, 2.05) is 30.3 Å². The summed E-state index contributed by atoms with van der Waals surface area (Å²) in [7, 11) is 0. The molecule has 1 atom stereocenters. The summed E-state index contributed by atoms with van der Waals surface area (Å²) in [6, 6.07) is 20.6. The molecular formula is C23H19ClF2. The van der Waals surface area contributed by atoms with Gasteiger partial charge in [0.05, 0.1) is 0 Å². The highest BCUT2D eigenvalue weighted by Crippen LogP contribution is 2.23. The summed E-state index contributed by atoms with van der Waals surface area (Å²) in [5.74, 6) is -0.908. The molecule has 132 valence electrons. The van der Waals surface area contributed by atoms with Gasteiger partial charge in [0.1, 0.15) is 11.6 Å². The molecule has 0 aliphatic rings. The maximum absolute atomic E-state index is 13.8. The molecule has 0 saturated carbocycles. The van der Waals surface area contributed by atoms with E-state index in [2.05, 4.69) is 31.2 Å². The molecule has 3 rings (SSSR count). The van der Waals surface area contributed by atoms with Crippen LogP contribution in [0.4, 0.5) is 8.78 Å². The minimum atomic E-state index is -0.667. The van der Waals surface area contributed by atoms with Crippen LogP contribution < -0.4 is 0 Å². The van der Waals surface area contributed by atoms with E-state index >= 15 is 0 Å². The van der Waals surface area contributed by atoms with Crippen molar-refractivity contribution in [1.29, 1.82) is 0 Å². The summed E-state index contributed by atoms with van der Waals surface area (Å²) in [6.07, 6.45) is 4.07. The first kappa shape index (κ1) is 18.3. The van der Waals surface area contributed by atoms with Crippen molar-refractivity contribution in [2.75, 3.05) is 0 Å². The maximum atomic E-state index is 13.8. The largest absolute Gasteiger partial charge is 0.206 e. The van der Waals surface area contributed by atoms with Gasteiger partial charge in [-0.1, -0.05) is 79.2 Å². The average molecular weight is 369 g/mol. The Labute approximate surface area is 157 Å². The molecule has 0 nitrogen and oxygen atoms in total. The van der Waals surface area contributed by atoms with Gasteiger partial charge in [0.2, 0.25) is 0 Å². The Hall–Kier alpha value is -2.45. The fourth-order valence-electron chi connectivity index (χ4n) is 2.91. The summed E-state index contributed by atoms with van der Waals surface area (Å²) >= 11 is 5.64. The summed E-state index contributed by atoms with van der Waals surface area (Å²) < 4.78 is 27.6. The highest BCUT2D eigenvalue weighted by atomic mass is 35.5. The Balaban J connectivity index is 1.70. The molecule has 0 amide bonds. The van der Waals surface area contributed by atoms with Crippen molar-refractivity contribution in [3.63, 3.8) is 0 Å². The molecule has 0 N–H and O–H groups in total.